The van der Waals surface area contributed by atoms with E-state index >= 15 is 0 Å². The van der Waals surface area contributed by atoms with Crippen molar-refractivity contribution < 1.29 is 4.57 Å². The summed E-state index contributed by atoms with van der Waals surface area (Å²) in [6, 6.07) is 0. The van der Waals surface area contributed by atoms with Gasteiger partial charge in [-0.1, -0.05) is 67.1 Å². The zero-order valence-corrected chi connectivity index (χ0v) is 15.7. The third-order valence-corrected chi connectivity index (χ3v) is 17.2. The summed E-state index contributed by atoms with van der Waals surface area (Å²) in [5.41, 5.74) is 0. The molecule has 0 saturated heterocycles. The number of rotatable bonds is 5. The zero-order valence-electron chi connectivity index (χ0n) is 12.3. The van der Waals surface area contributed by atoms with E-state index in [0.717, 1.165) is 0 Å². The molecule has 1 atom stereocenters. The van der Waals surface area contributed by atoms with Gasteiger partial charge < -0.3 is 4.57 Å². The highest BCUT2D eigenvalue weighted by Gasteiger charge is 2.55. The Bertz CT molecular complexity index is 322. The highest BCUT2D eigenvalue weighted by molar-refractivity contribution is 8.99. The Labute approximate surface area is 119 Å². The van der Waals surface area contributed by atoms with Crippen LogP contribution < -0.4 is 0 Å². The third-order valence-electron chi connectivity index (χ3n) is 4.56. The Morgan fingerprint density at radius 3 is 1.35 bits per heavy atom. The van der Waals surface area contributed by atoms with Crippen LogP contribution in [-0.2, 0) is 23.9 Å². The van der Waals surface area contributed by atoms with E-state index in [1.807, 2.05) is 0 Å². The highest BCUT2D eigenvalue weighted by atomic mass is 33.5. The van der Waals surface area contributed by atoms with Crippen molar-refractivity contribution in [1.29, 1.82) is 0 Å². The molecule has 1 nitrogen and oxygen atoms in total. The van der Waals surface area contributed by atoms with Crippen molar-refractivity contribution in [2.24, 2.45) is 11.8 Å². The molecule has 5 heteroatoms. The van der Waals surface area contributed by atoms with E-state index in [4.69, 9.17) is 11.2 Å². The maximum Gasteiger partial charge on any atom is 0.163 e. The predicted octanol–water partition coefficient (Wildman–Crippen LogP) is 5.06. The van der Waals surface area contributed by atoms with Crippen LogP contribution in [0.2, 0.25) is 0 Å². The summed E-state index contributed by atoms with van der Waals surface area (Å²) in [6.07, 6.45) is -2.60. The van der Waals surface area contributed by atoms with Crippen molar-refractivity contribution in [3.05, 3.63) is 0 Å². The second kappa shape index (κ2) is 5.64. The van der Waals surface area contributed by atoms with Gasteiger partial charge in [0.25, 0.3) is 0 Å². The van der Waals surface area contributed by atoms with Gasteiger partial charge in [-0.25, -0.2) is 0 Å². The van der Waals surface area contributed by atoms with Crippen LogP contribution in [-0.4, -0.2) is 10.3 Å². The standard InChI is InChI=1S/C12H27OPS3/c1-9(2)11(5,6)14(13,17(15)16)12(7,8)10(3)4/h9-10H,1-8H3,(H,15,16). The number of hydrogen-bond donors (Lipinski definition) is 1. The Morgan fingerprint density at radius 1 is 1.00 bits per heavy atom. The van der Waals surface area contributed by atoms with Crippen molar-refractivity contribution in [3.8, 4) is 0 Å². The normalized spacial score (nSPS) is 16.6. The average Bonchev–Trinajstić information content (AvgIpc) is 2.14. The lowest BCUT2D eigenvalue weighted by atomic mass is 9.98. The van der Waals surface area contributed by atoms with Gasteiger partial charge in [0, 0.05) is 10.3 Å². The molecule has 0 aliphatic carbocycles. The van der Waals surface area contributed by atoms with Gasteiger partial charge in [0.15, 0.2) is 6.34 Å². The van der Waals surface area contributed by atoms with Crippen LogP contribution in [0.25, 0.3) is 0 Å². The minimum absolute atomic E-state index is 0.270. The molecule has 17 heavy (non-hydrogen) atoms. The van der Waals surface area contributed by atoms with Gasteiger partial charge in [-0.05, 0) is 31.1 Å². The summed E-state index contributed by atoms with van der Waals surface area (Å²) >= 11 is 9.81. The largest absolute Gasteiger partial charge is 0.310 e. The molecule has 0 aromatic rings. The van der Waals surface area contributed by atoms with E-state index in [2.05, 4.69) is 67.1 Å². The van der Waals surface area contributed by atoms with E-state index in [-0.39, 0.29) is 10.3 Å². The lowest BCUT2D eigenvalue weighted by molar-refractivity contribution is 0.408. The first kappa shape index (κ1) is 18.1. The molecule has 0 aromatic heterocycles. The van der Waals surface area contributed by atoms with Crippen LogP contribution in [0, 0.1) is 11.8 Å². The minimum Gasteiger partial charge on any atom is -0.310 e. The van der Waals surface area contributed by atoms with Crippen molar-refractivity contribution in [2.45, 2.75) is 65.7 Å². The average molecular weight is 315 g/mol. The Balaban J connectivity index is 6.00. The van der Waals surface area contributed by atoms with Crippen molar-refractivity contribution in [3.63, 3.8) is 0 Å². The molecular weight excluding hydrogens is 287 g/mol. The monoisotopic (exact) mass is 314 g/mol. The van der Waals surface area contributed by atoms with Crippen LogP contribution in [0.4, 0.5) is 0 Å². The zero-order chi connectivity index (χ0) is 14.2. The third kappa shape index (κ3) is 2.85. The summed E-state index contributed by atoms with van der Waals surface area (Å²) < 4.78 is 13.7. The minimum atomic E-state index is -2.60. The first-order chi connectivity index (χ1) is 7.33. The molecule has 1 unspecified atom stereocenters. The highest BCUT2D eigenvalue weighted by Crippen LogP contribution is 2.74. The Hall–Kier alpha value is 1.15. The predicted molar refractivity (Wildman–Crippen MR) is 89.2 cm³/mol. The molecule has 0 aliphatic rings. The van der Waals surface area contributed by atoms with Crippen molar-refractivity contribution in [1.82, 2.24) is 0 Å². The smallest absolute Gasteiger partial charge is 0.163 e. The van der Waals surface area contributed by atoms with E-state index < -0.39 is 14.4 Å². The van der Waals surface area contributed by atoms with Gasteiger partial charge >= 0.3 is 0 Å². The van der Waals surface area contributed by atoms with Crippen molar-refractivity contribution >= 4 is 37.3 Å². The molecule has 0 amide bonds. The van der Waals surface area contributed by atoms with Gasteiger partial charge in [-0.2, -0.15) is 0 Å². The lowest BCUT2D eigenvalue weighted by Gasteiger charge is -2.48. The number of thiol groups is 1. The maximum atomic E-state index is 13.7. The van der Waals surface area contributed by atoms with E-state index in [1.54, 1.807) is 0 Å². The molecule has 0 bridgehead atoms. The van der Waals surface area contributed by atoms with Crippen LogP contribution >= 0.6 is 18.0 Å². The summed E-state index contributed by atoms with van der Waals surface area (Å²) in [7, 11) is -0.766. The van der Waals surface area contributed by atoms with Crippen LogP contribution in [0.1, 0.15) is 55.4 Å². The second-order valence-electron chi connectivity index (χ2n) is 6.40. The molecule has 0 N–H and O–H groups in total. The molecular formula is C12H27OPS3. The topological polar surface area (TPSA) is 17.1 Å². The van der Waals surface area contributed by atoms with Gasteiger partial charge in [0.1, 0.15) is 0 Å². The summed E-state index contributed by atoms with van der Waals surface area (Å²) in [5.74, 6) is 0.660. The fraction of sp³-hybridized carbons (Fsp3) is 1.00. The van der Waals surface area contributed by atoms with E-state index in [1.165, 1.54) is 0 Å². The van der Waals surface area contributed by atoms with Gasteiger partial charge in [0.2, 0.25) is 0 Å². The maximum absolute atomic E-state index is 13.7. The van der Waals surface area contributed by atoms with Crippen LogP contribution in [0.5, 0.6) is 0 Å². The second-order valence-corrected chi connectivity index (χ2v) is 17.3. The van der Waals surface area contributed by atoms with E-state index in [9.17, 15) is 4.57 Å². The quantitative estimate of drug-likeness (QED) is 0.434. The van der Waals surface area contributed by atoms with Crippen molar-refractivity contribution in [2.75, 3.05) is 0 Å². The SMILES string of the molecule is CC(C)C(C)(C)P(=O)(S(=S)S)C(C)(C)C(C)C. The van der Waals surface area contributed by atoms with Crippen LogP contribution in [0.3, 0.4) is 0 Å². The van der Waals surface area contributed by atoms with Gasteiger partial charge in [-0.15, -0.1) is 0 Å². The first-order valence-electron chi connectivity index (χ1n) is 6.05. The first-order valence-corrected chi connectivity index (χ1v) is 11.6. The molecule has 0 fully saturated rings. The molecule has 0 radical (unpaired) electrons. The molecule has 104 valence electrons. The lowest BCUT2D eigenvalue weighted by Crippen LogP contribution is -2.40. The summed E-state index contributed by atoms with van der Waals surface area (Å²) in [5, 5.41) is -0.541. The Morgan fingerprint density at radius 2 is 1.24 bits per heavy atom. The molecule has 0 saturated carbocycles. The summed E-state index contributed by atoms with van der Waals surface area (Å²) in [4.78, 5) is 0. The fourth-order valence-corrected chi connectivity index (χ4v) is 16.4. The van der Waals surface area contributed by atoms with E-state index in [0.29, 0.717) is 11.8 Å². The van der Waals surface area contributed by atoms with Gasteiger partial charge in [0.05, 0.1) is 0 Å². The number of hydrogen-bond acceptors (Lipinski definition) is 2. The molecule has 0 aliphatic heterocycles. The Kier molecular flexibility index (Phi) is 6.03. The van der Waals surface area contributed by atoms with Gasteiger partial charge in [-0.3, -0.25) is 0 Å². The summed E-state index contributed by atoms with van der Waals surface area (Å²) in [6.45, 7) is 16.8. The molecule has 0 heterocycles. The molecule has 0 aromatic carbocycles. The van der Waals surface area contributed by atoms with Crippen LogP contribution in [0.15, 0.2) is 0 Å². The molecule has 0 rings (SSSR count). The molecule has 0 spiro atoms. The fourth-order valence-electron chi connectivity index (χ4n) is 1.83.